The van der Waals surface area contributed by atoms with Crippen LogP contribution in [0.3, 0.4) is 0 Å². The van der Waals surface area contributed by atoms with Gasteiger partial charge in [-0.2, -0.15) is 0 Å². The van der Waals surface area contributed by atoms with E-state index in [4.69, 9.17) is 4.99 Å². The molecule has 1 unspecified atom stereocenters. The quantitative estimate of drug-likeness (QED) is 0.0549. The summed E-state index contributed by atoms with van der Waals surface area (Å²) in [7, 11) is 2.24. The highest BCUT2D eigenvalue weighted by atomic mass is 16.1. The van der Waals surface area contributed by atoms with Crippen molar-refractivity contribution in [1.82, 2.24) is 5.32 Å². The number of carbonyl (C=O) groups excluding carboxylic acids is 1. The number of likely N-dealkylation sites (N-methyl/N-ethyl adjacent to an activating group) is 1. The first-order valence-corrected chi connectivity index (χ1v) is 20.5. The normalized spacial score (nSPS) is 16.0. The predicted molar refractivity (Wildman–Crippen MR) is 200 cm³/mol. The van der Waals surface area contributed by atoms with Gasteiger partial charge in [0.2, 0.25) is 11.7 Å². The molecule has 0 saturated heterocycles. The van der Waals surface area contributed by atoms with E-state index in [0.717, 1.165) is 30.4 Å². The molecule has 45 heavy (non-hydrogen) atoms. The minimum atomic E-state index is 0.223. The first-order chi connectivity index (χ1) is 22.1. The van der Waals surface area contributed by atoms with Gasteiger partial charge in [0, 0.05) is 12.8 Å². The van der Waals surface area contributed by atoms with Crippen molar-refractivity contribution >= 4 is 11.7 Å². The highest BCUT2D eigenvalue weighted by Gasteiger charge is 2.29. The van der Waals surface area contributed by atoms with Gasteiger partial charge in [-0.1, -0.05) is 194 Å². The zero-order chi connectivity index (χ0) is 32.5. The van der Waals surface area contributed by atoms with E-state index >= 15 is 0 Å². The average molecular weight is 631 g/mol. The van der Waals surface area contributed by atoms with Crippen molar-refractivity contribution in [2.24, 2.45) is 4.99 Å². The van der Waals surface area contributed by atoms with Crippen LogP contribution in [0.5, 0.6) is 0 Å². The summed E-state index contributed by atoms with van der Waals surface area (Å²) in [5, 5.41) is 3.18. The van der Waals surface area contributed by atoms with E-state index in [0.29, 0.717) is 6.42 Å². The number of hydrogen-bond acceptors (Lipinski definition) is 2. The van der Waals surface area contributed by atoms with Gasteiger partial charge in [0.1, 0.15) is 12.7 Å². The maximum absolute atomic E-state index is 12.4. The Bertz CT molecular complexity index is 718. The molecular weight excluding hydrogens is 550 g/mol. The zero-order valence-electron chi connectivity index (χ0n) is 31.0. The lowest BCUT2D eigenvalue weighted by atomic mass is 10.0. The number of rotatable bonds is 35. The van der Waals surface area contributed by atoms with Crippen molar-refractivity contribution in [3.8, 4) is 0 Å². The third-order valence-electron chi connectivity index (χ3n) is 10.1. The van der Waals surface area contributed by atoms with Crippen LogP contribution in [0.2, 0.25) is 0 Å². The van der Waals surface area contributed by atoms with Gasteiger partial charge in [0.15, 0.2) is 0 Å². The van der Waals surface area contributed by atoms with E-state index in [1.54, 1.807) is 0 Å². The van der Waals surface area contributed by atoms with Crippen molar-refractivity contribution < 1.29 is 9.28 Å². The fourth-order valence-electron chi connectivity index (χ4n) is 6.84. The molecule has 264 valence electrons. The van der Waals surface area contributed by atoms with E-state index < -0.39 is 0 Å². The highest BCUT2D eigenvalue weighted by molar-refractivity contribution is 5.78. The van der Waals surface area contributed by atoms with Crippen LogP contribution in [0.15, 0.2) is 17.4 Å². The number of nitrogens with one attached hydrogen (secondary N) is 1. The molecule has 0 aromatic heterocycles. The Labute approximate surface area is 282 Å². The van der Waals surface area contributed by atoms with Gasteiger partial charge in [-0.05, 0) is 12.8 Å². The molecule has 1 atom stereocenters. The topological polar surface area (TPSA) is 41.5 Å². The predicted octanol–water partition coefficient (Wildman–Crippen LogP) is 13.0. The number of nitrogens with zero attached hydrogens (tertiary/aromatic N) is 2. The van der Waals surface area contributed by atoms with Crippen molar-refractivity contribution in [1.29, 1.82) is 0 Å². The minimum Gasteiger partial charge on any atom is -0.350 e. The Morgan fingerprint density at radius 3 is 1.31 bits per heavy atom. The number of quaternary nitrogens is 1. The SMILES string of the molecule is CCCCCCCCCCCCCCCCCC(=O)NCC[N+]1(C)C=CN=C1CCCCCCCCCCCCCCCCC. The Morgan fingerprint density at radius 1 is 0.556 bits per heavy atom. The molecule has 0 fully saturated rings. The molecule has 0 spiro atoms. The largest absolute Gasteiger partial charge is 0.350 e. The van der Waals surface area contributed by atoms with Crippen LogP contribution in [0.25, 0.3) is 0 Å². The van der Waals surface area contributed by atoms with Crippen LogP contribution in [0.1, 0.15) is 219 Å². The first kappa shape index (κ1) is 41.9. The third kappa shape index (κ3) is 25.6. The number of amidine groups is 1. The van der Waals surface area contributed by atoms with E-state index in [1.165, 1.54) is 192 Å². The van der Waals surface area contributed by atoms with Gasteiger partial charge in [0.25, 0.3) is 0 Å². The Kier molecular flexibility index (Phi) is 29.2. The summed E-state index contributed by atoms with van der Waals surface area (Å²) >= 11 is 0. The lowest BCUT2D eigenvalue weighted by Gasteiger charge is -2.27. The van der Waals surface area contributed by atoms with Crippen LogP contribution in [-0.4, -0.2) is 36.4 Å². The molecular formula is C41H80N3O+. The van der Waals surface area contributed by atoms with Gasteiger partial charge in [0.05, 0.1) is 19.8 Å². The summed E-state index contributed by atoms with van der Waals surface area (Å²) in [6.07, 6.45) is 47.3. The lowest BCUT2D eigenvalue weighted by molar-refractivity contribution is -0.763. The average Bonchev–Trinajstić information content (AvgIpc) is 3.40. The third-order valence-corrected chi connectivity index (χ3v) is 10.1. The molecule has 0 aliphatic carbocycles. The fraction of sp³-hybridized carbons (Fsp3) is 0.902. The molecule has 1 aliphatic rings. The van der Waals surface area contributed by atoms with Crippen LogP contribution < -0.4 is 5.32 Å². The van der Waals surface area contributed by atoms with Crippen LogP contribution in [0.4, 0.5) is 0 Å². The molecule has 1 amide bonds. The molecule has 0 aromatic carbocycles. The number of aliphatic imine (C=N–C) groups is 1. The monoisotopic (exact) mass is 631 g/mol. The molecule has 4 nitrogen and oxygen atoms in total. The van der Waals surface area contributed by atoms with E-state index in [1.807, 2.05) is 6.20 Å². The molecule has 1 aliphatic heterocycles. The summed E-state index contributed by atoms with van der Waals surface area (Å²) in [6, 6.07) is 0. The Balaban J connectivity index is 1.91. The molecule has 4 heteroatoms. The van der Waals surface area contributed by atoms with Gasteiger partial charge in [-0.15, -0.1) is 0 Å². The summed E-state index contributed by atoms with van der Waals surface area (Å²) in [5.74, 6) is 1.49. The van der Waals surface area contributed by atoms with Gasteiger partial charge < -0.3 is 5.32 Å². The van der Waals surface area contributed by atoms with Crippen molar-refractivity contribution in [2.45, 2.75) is 219 Å². The second-order valence-corrected chi connectivity index (χ2v) is 14.6. The van der Waals surface area contributed by atoms with Crippen molar-refractivity contribution in [3.05, 3.63) is 12.4 Å². The molecule has 0 aromatic rings. The van der Waals surface area contributed by atoms with Crippen LogP contribution in [-0.2, 0) is 4.79 Å². The second-order valence-electron chi connectivity index (χ2n) is 14.6. The fourth-order valence-corrected chi connectivity index (χ4v) is 6.84. The summed E-state index contributed by atoms with van der Waals surface area (Å²) in [5.41, 5.74) is 0. The number of unbranched alkanes of at least 4 members (excludes halogenated alkanes) is 28. The lowest BCUT2D eigenvalue weighted by Crippen LogP contribution is -2.47. The summed E-state index contributed by atoms with van der Waals surface area (Å²) < 4.78 is 0.762. The molecule has 0 bridgehead atoms. The molecule has 0 radical (unpaired) electrons. The molecule has 0 saturated carbocycles. The molecule has 1 heterocycles. The number of amides is 1. The number of carbonyl (C=O) groups is 1. The van der Waals surface area contributed by atoms with E-state index in [-0.39, 0.29) is 5.91 Å². The van der Waals surface area contributed by atoms with E-state index in [9.17, 15) is 4.79 Å². The van der Waals surface area contributed by atoms with Gasteiger partial charge >= 0.3 is 0 Å². The Hall–Kier alpha value is -1.16. The number of hydrogen-bond donors (Lipinski definition) is 1. The van der Waals surface area contributed by atoms with E-state index in [2.05, 4.69) is 32.4 Å². The minimum absolute atomic E-state index is 0.223. The zero-order valence-corrected chi connectivity index (χ0v) is 31.0. The van der Waals surface area contributed by atoms with Crippen LogP contribution in [0, 0.1) is 0 Å². The van der Waals surface area contributed by atoms with Crippen LogP contribution >= 0.6 is 0 Å². The Morgan fingerprint density at radius 2 is 0.911 bits per heavy atom. The maximum Gasteiger partial charge on any atom is 0.220 e. The second kappa shape index (κ2) is 31.4. The standard InChI is InChI=1S/C41H79N3O/c1-4-6-8-10-12-14-16-18-20-22-24-26-28-30-32-34-40-42-36-38-44(40,3)39-37-43-41(45)35-33-31-29-27-25-23-21-19-17-15-13-11-9-7-5-2/h36,38H,4-35,37,39H2,1-3H3/p+1. The maximum atomic E-state index is 12.4. The summed E-state index contributed by atoms with van der Waals surface area (Å²) in [4.78, 5) is 17.1. The molecule has 1 rings (SSSR count). The first-order valence-electron chi connectivity index (χ1n) is 20.5. The van der Waals surface area contributed by atoms with Crippen molar-refractivity contribution in [3.63, 3.8) is 0 Å². The smallest absolute Gasteiger partial charge is 0.220 e. The summed E-state index contributed by atoms with van der Waals surface area (Å²) in [6.45, 7) is 6.22. The van der Waals surface area contributed by atoms with Gasteiger partial charge in [-0.3, -0.25) is 9.28 Å². The van der Waals surface area contributed by atoms with Gasteiger partial charge in [-0.25, -0.2) is 4.99 Å². The van der Waals surface area contributed by atoms with Crippen molar-refractivity contribution in [2.75, 3.05) is 20.1 Å². The molecule has 1 N–H and O–H groups in total. The highest BCUT2D eigenvalue weighted by Crippen LogP contribution is 2.19.